The minimum atomic E-state index is -5.07. The van der Waals surface area contributed by atoms with Crippen molar-refractivity contribution in [1.29, 1.82) is 0 Å². The van der Waals surface area contributed by atoms with Crippen LogP contribution in [0.2, 0.25) is 0 Å². The maximum atomic E-state index is 13.7. The Kier molecular flexibility index (Phi) is 6.27. The first-order chi connectivity index (χ1) is 14.5. The van der Waals surface area contributed by atoms with Gasteiger partial charge in [-0.1, -0.05) is 6.07 Å². The normalized spacial score (nSPS) is 14.7. The van der Waals surface area contributed by atoms with Crippen LogP contribution >= 0.6 is 0 Å². The molecule has 1 aromatic carbocycles. The molecule has 12 heteroatoms. The Morgan fingerprint density at radius 1 is 1.03 bits per heavy atom. The topological polar surface area (TPSA) is 67.2 Å². The van der Waals surface area contributed by atoms with Crippen LogP contribution in [0.25, 0.3) is 5.69 Å². The van der Waals surface area contributed by atoms with E-state index in [0.29, 0.717) is 31.4 Å². The van der Waals surface area contributed by atoms with Gasteiger partial charge in [-0.3, -0.25) is 9.59 Å². The van der Waals surface area contributed by atoms with Crippen molar-refractivity contribution < 1.29 is 35.9 Å². The highest BCUT2D eigenvalue weighted by molar-refractivity contribution is 5.95. The third-order valence-corrected chi connectivity index (χ3v) is 4.78. The van der Waals surface area contributed by atoms with E-state index in [-0.39, 0.29) is 23.6 Å². The molecule has 31 heavy (non-hydrogen) atoms. The molecule has 0 radical (unpaired) electrons. The van der Waals surface area contributed by atoms with Crippen LogP contribution in [0.5, 0.6) is 0 Å². The van der Waals surface area contributed by atoms with Gasteiger partial charge >= 0.3 is 12.4 Å². The Hall–Kier alpha value is -3.05. The Morgan fingerprint density at radius 2 is 1.71 bits per heavy atom. The number of rotatable bonds is 5. The van der Waals surface area contributed by atoms with Crippen molar-refractivity contribution >= 4 is 11.8 Å². The number of carbonyl (C=O) groups excluding carboxylic acids is 2. The van der Waals surface area contributed by atoms with E-state index >= 15 is 0 Å². The number of nitrogens with one attached hydrogen (secondary N) is 1. The van der Waals surface area contributed by atoms with Crippen molar-refractivity contribution in [3.63, 3.8) is 0 Å². The van der Waals surface area contributed by atoms with Crippen molar-refractivity contribution in [1.82, 2.24) is 20.0 Å². The first-order valence-corrected chi connectivity index (χ1v) is 9.37. The van der Waals surface area contributed by atoms with E-state index in [0.717, 1.165) is 25.0 Å². The molecular weight excluding hydrogens is 430 g/mol. The summed E-state index contributed by atoms with van der Waals surface area (Å²) < 4.78 is 80.0. The summed E-state index contributed by atoms with van der Waals surface area (Å²) in [5.41, 5.74) is -4.00. The maximum Gasteiger partial charge on any atom is 0.434 e. The molecule has 1 aliphatic heterocycles. The van der Waals surface area contributed by atoms with Gasteiger partial charge in [-0.25, -0.2) is 4.68 Å². The zero-order valence-corrected chi connectivity index (χ0v) is 16.1. The Morgan fingerprint density at radius 3 is 2.32 bits per heavy atom. The Bertz CT molecular complexity index is 961. The number of carbonyl (C=O) groups is 2. The molecule has 3 rings (SSSR count). The van der Waals surface area contributed by atoms with E-state index in [1.165, 1.54) is 0 Å². The van der Waals surface area contributed by atoms with E-state index < -0.39 is 40.8 Å². The smallest absolute Gasteiger partial charge is 0.351 e. The summed E-state index contributed by atoms with van der Waals surface area (Å²) in [6.45, 7) is 1.03. The van der Waals surface area contributed by atoms with Crippen LogP contribution in [0.4, 0.5) is 26.3 Å². The van der Waals surface area contributed by atoms with Gasteiger partial charge in [0.1, 0.15) is 0 Å². The number of hydrogen-bond acceptors (Lipinski definition) is 3. The SMILES string of the molecule is O=C(NCCC(=O)N1CCCC1)c1cnn(-c2cccc(C(F)(F)F)c2)c1C(F)(F)F. The fourth-order valence-corrected chi connectivity index (χ4v) is 3.30. The van der Waals surface area contributed by atoms with Gasteiger partial charge in [0.2, 0.25) is 5.91 Å². The zero-order chi connectivity index (χ0) is 22.8. The van der Waals surface area contributed by atoms with Crippen molar-refractivity contribution in [3.8, 4) is 5.69 Å². The number of aromatic nitrogens is 2. The molecule has 2 heterocycles. The molecule has 168 valence electrons. The third-order valence-electron chi connectivity index (χ3n) is 4.78. The molecular formula is C19H18F6N4O2. The van der Waals surface area contributed by atoms with Gasteiger partial charge in [0.05, 0.1) is 23.0 Å². The molecule has 2 aromatic rings. The number of likely N-dealkylation sites (tertiary alicyclic amines) is 1. The second-order valence-electron chi connectivity index (χ2n) is 6.96. The van der Waals surface area contributed by atoms with Gasteiger partial charge in [-0.15, -0.1) is 0 Å². The minimum absolute atomic E-state index is 0.0745. The number of alkyl halides is 6. The molecule has 1 N–H and O–H groups in total. The van der Waals surface area contributed by atoms with Gasteiger partial charge in [-0.2, -0.15) is 31.4 Å². The molecule has 1 fully saturated rings. The van der Waals surface area contributed by atoms with Crippen LogP contribution in [-0.2, 0) is 17.1 Å². The van der Waals surface area contributed by atoms with Crippen LogP contribution in [-0.4, -0.2) is 46.1 Å². The van der Waals surface area contributed by atoms with Gasteiger partial charge in [0.25, 0.3) is 5.91 Å². The predicted octanol–water partition coefficient (Wildman–Crippen LogP) is 3.65. The summed E-state index contributed by atoms with van der Waals surface area (Å²) in [6.07, 6.45) is -7.51. The Balaban J connectivity index is 1.81. The fourth-order valence-electron chi connectivity index (χ4n) is 3.30. The fraction of sp³-hybridized carbons (Fsp3) is 0.421. The monoisotopic (exact) mass is 448 g/mol. The van der Waals surface area contributed by atoms with Crippen LogP contribution in [0.3, 0.4) is 0 Å². The number of halogens is 6. The largest absolute Gasteiger partial charge is 0.434 e. The van der Waals surface area contributed by atoms with E-state index in [9.17, 15) is 35.9 Å². The number of benzene rings is 1. The van der Waals surface area contributed by atoms with Gasteiger partial charge in [0.15, 0.2) is 5.69 Å². The molecule has 1 aliphatic rings. The molecule has 0 atom stereocenters. The summed E-state index contributed by atoms with van der Waals surface area (Å²) in [7, 11) is 0. The highest BCUT2D eigenvalue weighted by atomic mass is 19.4. The molecule has 0 spiro atoms. The summed E-state index contributed by atoms with van der Waals surface area (Å²) in [5, 5.41) is 5.74. The first-order valence-electron chi connectivity index (χ1n) is 9.37. The van der Waals surface area contributed by atoms with Crippen molar-refractivity contribution in [2.24, 2.45) is 0 Å². The molecule has 1 aromatic heterocycles. The average molecular weight is 448 g/mol. The number of nitrogens with zero attached hydrogens (tertiary/aromatic N) is 3. The third kappa shape index (κ3) is 5.17. The van der Waals surface area contributed by atoms with Crippen LogP contribution in [0.1, 0.15) is 40.9 Å². The average Bonchev–Trinajstić information content (AvgIpc) is 3.37. The quantitative estimate of drug-likeness (QED) is 0.711. The summed E-state index contributed by atoms with van der Waals surface area (Å²) in [5.74, 6) is -1.34. The maximum absolute atomic E-state index is 13.7. The van der Waals surface area contributed by atoms with E-state index in [2.05, 4.69) is 10.4 Å². The molecule has 6 nitrogen and oxygen atoms in total. The highest BCUT2D eigenvalue weighted by Gasteiger charge is 2.41. The first kappa shape index (κ1) is 22.6. The van der Waals surface area contributed by atoms with Crippen LogP contribution in [0.15, 0.2) is 30.5 Å². The molecule has 0 saturated carbocycles. The molecule has 1 saturated heterocycles. The van der Waals surface area contributed by atoms with Crippen LogP contribution < -0.4 is 5.32 Å². The van der Waals surface area contributed by atoms with E-state index in [4.69, 9.17) is 0 Å². The van der Waals surface area contributed by atoms with E-state index in [1.807, 2.05) is 0 Å². The molecule has 2 amide bonds. The van der Waals surface area contributed by atoms with Crippen molar-refractivity contribution in [2.75, 3.05) is 19.6 Å². The lowest BCUT2D eigenvalue weighted by atomic mass is 10.1. The highest BCUT2D eigenvalue weighted by Crippen LogP contribution is 2.35. The summed E-state index contributed by atoms with van der Waals surface area (Å²) in [4.78, 5) is 25.9. The standard InChI is InChI=1S/C19H18F6N4O2/c20-18(21,22)12-4-3-5-13(10-12)29-16(19(23,24)25)14(11-27-29)17(31)26-7-6-15(30)28-8-1-2-9-28/h3-5,10-11H,1-2,6-9H2,(H,26,31). The molecule has 0 aliphatic carbocycles. The van der Waals surface area contributed by atoms with Crippen LogP contribution in [0, 0.1) is 0 Å². The lowest BCUT2D eigenvalue weighted by molar-refractivity contribution is -0.143. The van der Waals surface area contributed by atoms with E-state index in [1.54, 1.807) is 4.90 Å². The zero-order valence-electron chi connectivity index (χ0n) is 16.1. The van der Waals surface area contributed by atoms with Crippen molar-refractivity contribution in [3.05, 3.63) is 47.3 Å². The predicted molar refractivity (Wildman–Crippen MR) is 96.3 cm³/mol. The number of hydrogen-bond donors (Lipinski definition) is 1. The van der Waals surface area contributed by atoms with Gasteiger partial charge in [0, 0.05) is 26.1 Å². The second-order valence-corrected chi connectivity index (χ2v) is 6.96. The lowest BCUT2D eigenvalue weighted by Gasteiger charge is -2.16. The van der Waals surface area contributed by atoms with Gasteiger partial charge < -0.3 is 10.2 Å². The Labute approximate surface area is 172 Å². The lowest BCUT2D eigenvalue weighted by Crippen LogP contribution is -2.33. The second kappa shape index (κ2) is 8.60. The van der Waals surface area contributed by atoms with Crippen molar-refractivity contribution in [2.45, 2.75) is 31.6 Å². The summed E-state index contributed by atoms with van der Waals surface area (Å²) >= 11 is 0. The number of amides is 2. The molecule has 0 unspecified atom stereocenters. The molecule has 0 bridgehead atoms. The summed E-state index contributed by atoms with van der Waals surface area (Å²) in [6, 6.07) is 3.20. The van der Waals surface area contributed by atoms with Gasteiger partial charge in [-0.05, 0) is 31.0 Å². The minimum Gasteiger partial charge on any atom is -0.351 e.